The molecule has 0 bridgehead atoms. The number of pyridine rings is 1. The number of aromatic nitrogens is 3. The third kappa shape index (κ3) is 5.12. The maximum Gasteiger partial charge on any atom is 0.255 e. The highest BCUT2D eigenvalue weighted by molar-refractivity contribution is 6.05. The summed E-state index contributed by atoms with van der Waals surface area (Å²) in [7, 11) is 3.66. The number of carbonyl (C=O) groups excluding carboxylic acids is 1. The molecule has 4 aromatic rings. The van der Waals surface area contributed by atoms with Gasteiger partial charge in [0.1, 0.15) is 17.4 Å². The number of piperazine rings is 1. The number of hydrogen-bond acceptors (Lipinski definition) is 6. The van der Waals surface area contributed by atoms with Gasteiger partial charge in [0.15, 0.2) is 0 Å². The second-order valence-electron chi connectivity index (χ2n) is 8.74. The highest BCUT2D eigenvalue weighted by atomic mass is 16.5. The van der Waals surface area contributed by atoms with E-state index in [1.54, 1.807) is 31.4 Å². The van der Waals surface area contributed by atoms with E-state index in [9.17, 15) is 4.79 Å². The average molecular weight is 471 g/mol. The number of amides is 1. The molecule has 5 rings (SSSR count). The van der Waals surface area contributed by atoms with Crippen LogP contribution in [0.2, 0.25) is 0 Å². The van der Waals surface area contributed by atoms with Crippen LogP contribution in [0, 0.1) is 0 Å². The van der Waals surface area contributed by atoms with Gasteiger partial charge in [-0.15, -0.1) is 0 Å². The lowest BCUT2D eigenvalue weighted by atomic mass is 10.2. The maximum atomic E-state index is 12.6. The Bertz CT molecular complexity index is 1290. The molecule has 0 saturated carbocycles. The summed E-state index contributed by atoms with van der Waals surface area (Å²) < 4.78 is 7.31. The molecule has 1 amide bonds. The van der Waals surface area contributed by atoms with E-state index < -0.39 is 0 Å². The minimum atomic E-state index is -0.159. The van der Waals surface area contributed by atoms with E-state index in [0.717, 1.165) is 73.3 Å². The van der Waals surface area contributed by atoms with E-state index in [2.05, 4.69) is 37.8 Å². The van der Waals surface area contributed by atoms with Crippen LogP contribution in [-0.4, -0.2) is 65.2 Å². The van der Waals surface area contributed by atoms with Crippen LogP contribution in [-0.2, 0) is 13.5 Å². The molecule has 180 valence electrons. The molecule has 8 nitrogen and oxygen atoms in total. The molecule has 2 aromatic carbocycles. The Balaban J connectivity index is 1.20. The molecule has 0 atom stereocenters. The van der Waals surface area contributed by atoms with Crippen molar-refractivity contribution in [3.8, 4) is 5.75 Å². The Labute approximate surface area is 205 Å². The molecule has 1 aliphatic rings. The number of nitrogens with zero attached hydrogens (tertiary/aromatic N) is 5. The highest BCUT2D eigenvalue weighted by Crippen LogP contribution is 2.21. The minimum absolute atomic E-state index is 0.159. The number of nitrogens with one attached hydrogen (secondary N) is 1. The van der Waals surface area contributed by atoms with E-state index >= 15 is 0 Å². The predicted molar refractivity (Wildman–Crippen MR) is 138 cm³/mol. The summed E-state index contributed by atoms with van der Waals surface area (Å²) in [5.74, 6) is 2.66. The van der Waals surface area contributed by atoms with Crippen LogP contribution in [0.15, 0.2) is 66.9 Å². The largest absolute Gasteiger partial charge is 0.497 e. The Morgan fingerprint density at radius 2 is 1.83 bits per heavy atom. The number of anilines is 2. The normalized spacial score (nSPS) is 14.3. The number of benzene rings is 2. The number of ether oxygens (including phenoxy) is 1. The molecule has 1 fully saturated rings. The number of aryl methyl sites for hydroxylation is 1. The molecule has 3 heterocycles. The van der Waals surface area contributed by atoms with Crippen molar-refractivity contribution in [2.24, 2.45) is 7.05 Å². The number of hydrogen-bond donors (Lipinski definition) is 1. The number of carbonyl (C=O) groups is 1. The van der Waals surface area contributed by atoms with Gasteiger partial charge in [-0.25, -0.2) is 9.97 Å². The van der Waals surface area contributed by atoms with E-state index in [4.69, 9.17) is 9.72 Å². The van der Waals surface area contributed by atoms with Crippen LogP contribution in [0.4, 0.5) is 11.5 Å². The molecular formula is C27H30N6O2. The smallest absolute Gasteiger partial charge is 0.255 e. The molecule has 0 unspecified atom stereocenters. The van der Waals surface area contributed by atoms with Crippen molar-refractivity contribution in [3.63, 3.8) is 0 Å². The number of rotatable bonds is 7. The number of fused-ring (bicyclic) bond motifs is 1. The van der Waals surface area contributed by atoms with E-state index in [-0.39, 0.29) is 5.91 Å². The van der Waals surface area contributed by atoms with Crippen molar-refractivity contribution < 1.29 is 9.53 Å². The maximum absolute atomic E-state index is 12.6. The predicted octanol–water partition coefficient (Wildman–Crippen LogP) is 3.59. The molecule has 2 aromatic heterocycles. The third-order valence-corrected chi connectivity index (χ3v) is 6.58. The van der Waals surface area contributed by atoms with Crippen molar-refractivity contribution >= 4 is 28.4 Å². The Morgan fingerprint density at radius 1 is 1.03 bits per heavy atom. The molecule has 8 heteroatoms. The summed E-state index contributed by atoms with van der Waals surface area (Å²) >= 11 is 0. The molecule has 0 aliphatic carbocycles. The highest BCUT2D eigenvalue weighted by Gasteiger charge is 2.18. The van der Waals surface area contributed by atoms with Crippen molar-refractivity contribution in [2.75, 3.05) is 50.1 Å². The van der Waals surface area contributed by atoms with Gasteiger partial charge in [0.05, 0.1) is 18.1 Å². The van der Waals surface area contributed by atoms with Gasteiger partial charge in [-0.3, -0.25) is 9.69 Å². The van der Waals surface area contributed by atoms with E-state index in [0.29, 0.717) is 5.56 Å². The molecule has 0 spiro atoms. The lowest BCUT2D eigenvalue weighted by molar-refractivity contribution is 0.102. The Morgan fingerprint density at radius 3 is 2.54 bits per heavy atom. The fourth-order valence-corrected chi connectivity index (χ4v) is 4.50. The Hall–Kier alpha value is -3.91. The summed E-state index contributed by atoms with van der Waals surface area (Å²) in [5.41, 5.74) is 3.25. The van der Waals surface area contributed by atoms with Crippen molar-refractivity contribution in [2.45, 2.75) is 6.42 Å². The van der Waals surface area contributed by atoms with Gasteiger partial charge in [0.2, 0.25) is 0 Å². The summed E-state index contributed by atoms with van der Waals surface area (Å²) in [4.78, 5) is 26.8. The molecule has 0 radical (unpaired) electrons. The first-order valence-electron chi connectivity index (χ1n) is 11.9. The van der Waals surface area contributed by atoms with Crippen molar-refractivity contribution in [1.82, 2.24) is 19.4 Å². The first kappa shape index (κ1) is 22.9. The second-order valence-corrected chi connectivity index (χ2v) is 8.74. The molecular weight excluding hydrogens is 440 g/mol. The van der Waals surface area contributed by atoms with Crippen LogP contribution in [0.3, 0.4) is 0 Å². The van der Waals surface area contributed by atoms with E-state index in [1.807, 2.05) is 36.5 Å². The standard InChI is InChI=1S/C27H30N6O2/c1-31-24-11-8-21(29-27(34)20-6-9-22(35-2)10-7-20)19-23(24)30-26(31)12-14-32-15-17-33(18-16-32)25-5-3-4-13-28-25/h3-11,13,19H,12,14-18H2,1-2H3,(H,29,34). The van der Waals surface area contributed by atoms with Gasteiger partial charge in [-0.05, 0) is 54.6 Å². The fraction of sp³-hybridized carbons (Fsp3) is 0.296. The number of methoxy groups -OCH3 is 1. The van der Waals surface area contributed by atoms with Crippen LogP contribution >= 0.6 is 0 Å². The van der Waals surface area contributed by atoms with Crippen LogP contribution in [0.25, 0.3) is 11.0 Å². The zero-order valence-electron chi connectivity index (χ0n) is 20.1. The topological polar surface area (TPSA) is 75.5 Å². The SMILES string of the molecule is COc1ccc(C(=O)Nc2ccc3c(c2)nc(CCN2CCN(c4ccccn4)CC2)n3C)cc1. The van der Waals surface area contributed by atoms with Crippen molar-refractivity contribution in [1.29, 1.82) is 0 Å². The van der Waals surface area contributed by atoms with Crippen LogP contribution in [0.1, 0.15) is 16.2 Å². The zero-order valence-corrected chi connectivity index (χ0v) is 20.1. The summed E-state index contributed by atoms with van der Waals surface area (Å²) in [6.07, 6.45) is 2.73. The Kier molecular flexibility index (Phi) is 6.63. The first-order valence-corrected chi connectivity index (χ1v) is 11.9. The molecule has 1 saturated heterocycles. The fourth-order valence-electron chi connectivity index (χ4n) is 4.50. The third-order valence-electron chi connectivity index (χ3n) is 6.58. The number of imidazole rings is 1. The quantitative estimate of drug-likeness (QED) is 0.445. The van der Waals surface area contributed by atoms with Gasteiger partial charge in [-0.2, -0.15) is 0 Å². The molecule has 1 N–H and O–H groups in total. The van der Waals surface area contributed by atoms with Gasteiger partial charge in [-0.1, -0.05) is 6.07 Å². The molecule has 35 heavy (non-hydrogen) atoms. The minimum Gasteiger partial charge on any atom is -0.497 e. The lowest BCUT2D eigenvalue weighted by Crippen LogP contribution is -2.47. The molecule has 1 aliphatic heterocycles. The van der Waals surface area contributed by atoms with Gasteiger partial charge in [0.25, 0.3) is 5.91 Å². The van der Waals surface area contributed by atoms with Crippen LogP contribution < -0.4 is 15.0 Å². The van der Waals surface area contributed by atoms with Gasteiger partial charge < -0.3 is 19.5 Å². The zero-order chi connectivity index (χ0) is 24.2. The van der Waals surface area contributed by atoms with Gasteiger partial charge in [0, 0.05) is 63.6 Å². The van der Waals surface area contributed by atoms with Crippen molar-refractivity contribution in [3.05, 3.63) is 78.2 Å². The monoisotopic (exact) mass is 470 g/mol. The second kappa shape index (κ2) is 10.1. The van der Waals surface area contributed by atoms with Gasteiger partial charge >= 0.3 is 0 Å². The summed E-state index contributed by atoms with van der Waals surface area (Å²) in [5, 5.41) is 2.97. The lowest BCUT2D eigenvalue weighted by Gasteiger charge is -2.35. The summed E-state index contributed by atoms with van der Waals surface area (Å²) in [6, 6.07) is 19.0. The van der Waals surface area contributed by atoms with Crippen LogP contribution in [0.5, 0.6) is 5.75 Å². The first-order chi connectivity index (χ1) is 17.1. The average Bonchev–Trinajstić information content (AvgIpc) is 3.22. The summed E-state index contributed by atoms with van der Waals surface area (Å²) in [6.45, 7) is 4.96. The van der Waals surface area contributed by atoms with E-state index in [1.165, 1.54) is 0 Å².